The van der Waals surface area contributed by atoms with Crippen molar-refractivity contribution in [1.82, 2.24) is 19.1 Å². The van der Waals surface area contributed by atoms with Gasteiger partial charge < -0.3 is 15.2 Å². The van der Waals surface area contributed by atoms with Crippen molar-refractivity contribution in [3.63, 3.8) is 0 Å². The Hall–Kier alpha value is -3.53. The molecular formula is C24H29N5O5. The van der Waals surface area contributed by atoms with Gasteiger partial charge in [0.05, 0.1) is 19.3 Å². The van der Waals surface area contributed by atoms with Crippen LogP contribution in [0, 0.1) is 0 Å². The van der Waals surface area contributed by atoms with Gasteiger partial charge in [0.1, 0.15) is 12.1 Å². The van der Waals surface area contributed by atoms with E-state index < -0.39 is 17.6 Å². The quantitative estimate of drug-likeness (QED) is 0.503. The average Bonchev–Trinajstić information content (AvgIpc) is 3.41. The molecule has 34 heavy (non-hydrogen) atoms. The van der Waals surface area contributed by atoms with Gasteiger partial charge in [0.2, 0.25) is 0 Å². The van der Waals surface area contributed by atoms with Crippen LogP contribution in [-0.4, -0.2) is 50.3 Å². The lowest BCUT2D eigenvalue weighted by molar-refractivity contribution is -0.143. The van der Waals surface area contributed by atoms with Crippen LogP contribution in [0.1, 0.15) is 55.6 Å². The second-order valence-corrected chi connectivity index (χ2v) is 8.63. The highest BCUT2D eigenvalue weighted by Gasteiger charge is 2.27. The highest BCUT2D eigenvalue weighted by molar-refractivity contribution is 6.02. The zero-order valence-electron chi connectivity index (χ0n) is 19.6. The van der Waals surface area contributed by atoms with Gasteiger partial charge in [-0.1, -0.05) is 38.1 Å². The lowest BCUT2D eigenvalue weighted by Crippen LogP contribution is -2.31. The molecule has 1 amide bonds. The van der Waals surface area contributed by atoms with Gasteiger partial charge in [-0.2, -0.15) is 0 Å². The van der Waals surface area contributed by atoms with E-state index in [2.05, 4.69) is 23.8 Å². The normalized spacial score (nSPS) is 15.8. The van der Waals surface area contributed by atoms with E-state index in [1.807, 2.05) is 24.3 Å². The summed E-state index contributed by atoms with van der Waals surface area (Å²) in [7, 11) is 0. The maximum Gasteiger partial charge on any atom is 0.331 e. The molecule has 1 aliphatic rings. The molecule has 10 heteroatoms. The molecule has 0 saturated carbocycles. The number of amides is 1. The van der Waals surface area contributed by atoms with Crippen LogP contribution in [0.2, 0.25) is 0 Å². The van der Waals surface area contributed by atoms with Crippen molar-refractivity contribution in [3.8, 4) is 11.4 Å². The Balaban J connectivity index is 1.92. The standard InChI is InChI=1S/C24H29N5O5/c1-4-33-18(30)13-28-20-19(21(25)31)26-22(16-9-7-15(8-10-16)14(2)3)27-23(20)29(24(28)32)12-17-6-5-11-34-17/h7-10,14,17H,4-6,11-13H2,1-3H3,(H2,25,31)/t17-/m1/s1. The zero-order chi connectivity index (χ0) is 24.4. The first-order valence-electron chi connectivity index (χ1n) is 11.5. The summed E-state index contributed by atoms with van der Waals surface area (Å²) in [5, 5.41) is 0. The predicted octanol–water partition coefficient (Wildman–Crippen LogP) is 2.22. The number of carbonyl (C=O) groups excluding carboxylic acids is 2. The van der Waals surface area contributed by atoms with Crippen LogP contribution >= 0.6 is 0 Å². The number of rotatable bonds is 8. The molecule has 1 atom stereocenters. The molecule has 2 N–H and O–H groups in total. The van der Waals surface area contributed by atoms with Gasteiger partial charge in [0.15, 0.2) is 17.2 Å². The van der Waals surface area contributed by atoms with E-state index in [1.54, 1.807) is 6.92 Å². The van der Waals surface area contributed by atoms with Crippen LogP contribution < -0.4 is 11.4 Å². The molecule has 1 aromatic carbocycles. The first-order valence-corrected chi connectivity index (χ1v) is 11.5. The zero-order valence-corrected chi connectivity index (χ0v) is 19.6. The third-order valence-corrected chi connectivity index (χ3v) is 5.92. The minimum atomic E-state index is -0.820. The third-order valence-electron chi connectivity index (χ3n) is 5.92. The summed E-state index contributed by atoms with van der Waals surface area (Å²) in [6.07, 6.45) is 1.53. The monoisotopic (exact) mass is 467 g/mol. The number of nitrogens with two attached hydrogens (primary N) is 1. The number of imidazole rings is 1. The summed E-state index contributed by atoms with van der Waals surface area (Å²) < 4.78 is 13.3. The molecule has 0 radical (unpaired) electrons. The molecule has 0 aliphatic carbocycles. The molecule has 4 rings (SSSR count). The number of fused-ring (bicyclic) bond motifs is 1. The van der Waals surface area contributed by atoms with Gasteiger partial charge in [0, 0.05) is 12.2 Å². The largest absolute Gasteiger partial charge is 0.465 e. The van der Waals surface area contributed by atoms with Crippen LogP contribution in [0.25, 0.3) is 22.6 Å². The van der Waals surface area contributed by atoms with Crippen molar-refractivity contribution in [1.29, 1.82) is 0 Å². The summed E-state index contributed by atoms with van der Waals surface area (Å²) in [6, 6.07) is 7.70. The van der Waals surface area contributed by atoms with Crippen LogP contribution in [0.5, 0.6) is 0 Å². The van der Waals surface area contributed by atoms with E-state index in [-0.39, 0.29) is 48.5 Å². The number of benzene rings is 1. The molecule has 3 aromatic rings. The Morgan fingerprint density at radius 3 is 2.53 bits per heavy atom. The Morgan fingerprint density at radius 2 is 1.94 bits per heavy atom. The van der Waals surface area contributed by atoms with E-state index >= 15 is 0 Å². The highest BCUT2D eigenvalue weighted by atomic mass is 16.5. The van der Waals surface area contributed by atoms with Gasteiger partial charge in [-0.25, -0.2) is 14.8 Å². The smallest absolute Gasteiger partial charge is 0.331 e. The van der Waals surface area contributed by atoms with Gasteiger partial charge in [-0.05, 0) is 31.2 Å². The number of hydrogen-bond donors (Lipinski definition) is 1. The molecule has 0 bridgehead atoms. The number of ether oxygens (including phenoxy) is 2. The molecule has 1 aliphatic heterocycles. The van der Waals surface area contributed by atoms with E-state index in [1.165, 1.54) is 4.57 Å². The Kier molecular flexibility index (Phi) is 6.78. The summed E-state index contributed by atoms with van der Waals surface area (Å²) in [5.74, 6) is -0.804. The summed E-state index contributed by atoms with van der Waals surface area (Å²) in [4.78, 5) is 47.1. The Morgan fingerprint density at radius 1 is 1.21 bits per heavy atom. The molecule has 0 spiro atoms. The fourth-order valence-corrected chi connectivity index (χ4v) is 4.17. The maximum absolute atomic E-state index is 13.4. The Bertz CT molecular complexity index is 1270. The number of esters is 1. The number of nitrogens with zero attached hydrogens (tertiary/aromatic N) is 4. The van der Waals surface area contributed by atoms with Crippen LogP contribution in [-0.2, 0) is 27.4 Å². The third kappa shape index (κ3) is 4.58. The summed E-state index contributed by atoms with van der Waals surface area (Å²) in [5.41, 5.74) is 7.24. The minimum Gasteiger partial charge on any atom is -0.465 e. The van der Waals surface area contributed by atoms with Gasteiger partial charge >= 0.3 is 11.7 Å². The second kappa shape index (κ2) is 9.76. The van der Waals surface area contributed by atoms with Crippen molar-refractivity contribution >= 4 is 23.0 Å². The highest BCUT2D eigenvalue weighted by Crippen LogP contribution is 2.25. The van der Waals surface area contributed by atoms with E-state index in [0.29, 0.717) is 18.1 Å². The van der Waals surface area contributed by atoms with Crippen molar-refractivity contribution in [2.24, 2.45) is 5.73 Å². The SMILES string of the molecule is CCOC(=O)Cn1c(=O)n(C[C@H]2CCCO2)c2nc(-c3ccc(C(C)C)cc3)nc(C(N)=O)c21. The number of aromatic nitrogens is 4. The number of primary amides is 1. The molecule has 3 heterocycles. The molecule has 2 aromatic heterocycles. The van der Waals surface area contributed by atoms with E-state index in [0.717, 1.165) is 23.0 Å². The van der Waals surface area contributed by atoms with E-state index in [9.17, 15) is 14.4 Å². The van der Waals surface area contributed by atoms with E-state index in [4.69, 9.17) is 15.2 Å². The number of hydrogen-bond acceptors (Lipinski definition) is 7. The Labute approximate surface area is 196 Å². The fraction of sp³-hybridized carbons (Fsp3) is 0.458. The molecule has 10 nitrogen and oxygen atoms in total. The summed E-state index contributed by atoms with van der Waals surface area (Å²) >= 11 is 0. The van der Waals surface area contributed by atoms with Gasteiger partial charge in [-0.15, -0.1) is 0 Å². The van der Waals surface area contributed by atoms with Crippen molar-refractivity contribution in [2.75, 3.05) is 13.2 Å². The van der Waals surface area contributed by atoms with Crippen LogP contribution in [0.15, 0.2) is 29.1 Å². The lowest BCUT2D eigenvalue weighted by Gasteiger charge is -2.11. The fourth-order valence-electron chi connectivity index (χ4n) is 4.17. The van der Waals surface area contributed by atoms with Crippen LogP contribution in [0.4, 0.5) is 0 Å². The van der Waals surface area contributed by atoms with Gasteiger partial charge in [-0.3, -0.25) is 18.7 Å². The van der Waals surface area contributed by atoms with Crippen molar-refractivity contribution in [3.05, 3.63) is 46.0 Å². The molecule has 1 saturated heterocycles. The molecule has 180 valence electrons. The maximum atomic E-state index is 13.4. The van der Waals surface area contributed by atoms with Crippen molar-refractivity contribution in [2.45, 2.75) is 58.7 Å². The topological polar surface area (TPSA) is 131 Å². The molecular weight excluding hydrogens is 438 g/mol. The van der Waals surface area contributed by atoms with Gasteiger partial charge in [0.25, 0.3) is 5.91 Å². The molecule has 0 unspecified atom stereocenters. The molecule has 1 fully saturated rings. The average molecular weight is 468 g/mol. The number of carbonyl (C=O) groups is 2. The first-order chi connectivity index (χ1) is 16.3. The van der Waals surface area contributed by atoms with Crippen molar-refractivity contribution < 1.29 is 19.1 Å². The first kappa shape index (κ1) is 23.6. The lowest BCUT2D eigenvalue weighted by atomic mass is 10.0. The minimum absolute atomic E-state index is 0.117. The predicted molar refractivity (Wildman–Crippen MR) is 125 cm³/mol. The summed E-state index contributed by atoms with van der Waals surface area (Å²) in [6.45, 7) is 6.52. The second-order valence-electron chi connectivity index (χ2n) is 8.63. The van der Waals surface area contributed by atoms with Crippen LogP contribution in [0.3, 0.4) is 0 Å².